The van der Waals surface area contributed by atoms with E-state index >= 15 is 0 Å². The van der Waals surface area contributed by atoms with Gasteiger partial charge in [0.15, 0.2) is 0 Å². The minimum atomic E-state index is -0.289. The first kappa shape index (κ1) is 6.84. The lowest BCUT2D eigenvalue weighted by Gasteiger charge is -1.96. The Morgan fingerprint density at radius 2 is 2.17 bits per heavy atom. The van der Waals surface area contributed by atoms with Gasteiger partial charge in [-0.05, 0) is 12.1 Å². The van der Waals surface area contributed by atoms with E-state index in [2.05, 4.69) is 10.2 Å². The van der Waals surface area contributed by atoms with E-state index in [9.17, 15) is 9.90 Å². The second kappa shape index (κ2) is 2.34. The minimum Gasteiger partial charge on any atom is -0.507 e. The summed E-state index contributed by atoms with van der Waals surface area (Å²) in [5, 5.41) is 16.1. The van der Waals surface area contributed by atoms with Gasteiger partial charge in [0.2, 0.25) is 0 Å². The monoisotopic (exact) mass is 162 g/mol. The van der Waals surface area contributed by atoms with Crippen LogP contribution in [0.5, 0.6) is 5.75 Å². The Bertz CT molecular complexity index is 476. The number of hydrogen-bond acceptors (Lipinski definition) is 3. The third kappa shape index (κ3) is 0.852. The van der Waals surface area contributed by atoms with E-state index < -0.39 is 0 Å². The maximum absolute atomic E-state index is 11.1. The molecule has 0 fully saturated rings. The number of phenolic OH excluding ortho intramolecular Hbond substituents is 1. The van der Waals surface area contributed by atoms with Crippen LogP contribution in [0.3, 0.4) is 0 Å². The summed E-state index contributed by atoms with van der Waals surface area (Å²) in [6.07, 6.45) is 1.42. The molecule has 2 aromatic rings. The summed E-state index contributed by atoms with van der Waals surface area (Å²) in [5.41, 5.74) is -0.289. The average Bonchev–Trinajstić information content (AvgIpc) is 2.07. The fraction of sp³-hybridized carbons (Fsp3) is 0. The number of aromatic amines is 1. The molecular formula is C8H6N2O2. The van der Waals surface area contributed by atoms with Crippen LogP contribution in [0.1, 0.15) is 0 Å². The van der Waals surface area contributed by atoms with E-state index in [0.717, 1.165) is 0 Å². The van der Waals surface area contributed by atoms with Gasteiger partial charge in [-0.15, -0.1) is 0 Å². The third-order valence-electron chi connectivity index (χ3n) is 1.69. The van der Waals surface area contributed by atoms with Crippen molar-refractivity contribution in [2.45, 2.75) is 0 Å². The molecule has 0 amide bonds. The number of nitrogens with one attached hydrogen (secondary N) is 1. The predicted octanol–water partition coefficient (Wildman–Crippen LogP) is 0.629. The molecule has 0 radical (unpaired) electrons. The summed E-state index contributed by atoms with van der Waals surface area (Å²) >= 11 is 0. The molecule has 0 aliphatic carbocycles. The molecule has 0 atom stereocenters. The van der Waals surface area contributed by atoms with Crippen molar-refractivity contribution < 1.29 is 5.11 Å². The van der Waals surface area contributed by atoms with E-state index in [0.29, 0.717) is 10.8 Å². The summed E-state index contributed by atoms with van der Waals surface area (Å²) in [7, 11) is 0. The number of rotatable bonds is 0. The summed E-state index contributed by atoms with van der Waals surface area (Å²) in [6.45, 7) is 0. The van der Waals surface area contributed by atoms with Crippen LogP contribution in [0, 0.1) is 0 Å². The molecule has 0 bridgehead atoms. The lowest BCUT2D eigenvalue weighted by atomic mass is 10.2. The molecule has 60 valence electrons. The maximum atomic E-state index is 11.1. The molecule has 1 heterocycles. The van der Waals surface area contributed by atoms with Crippen LogP contribution in [0.2, 0.25) is 0 Å². The summed E-state index contributed by atoms with van der Waals surface area (Å²) in [5.74, 6) is 0.0751. The van der Waals surface area contributed by atoms with Crippen molar-refractivity contribution >= 4 is 10.8 Å². The van der Waals surface area contributed by atoms with Gasteiger partial charge in [0.25, 0.3) is 5.56 Å². The zero-order valence-corrected chi connectivity index (χ0v) is 6.11. The van der Waals surface area contributed by atoms with Crippen LogP contribution >= 0.6 is 0 Å². The van der Waals surface area contributed by atoms with E-state index in [4.69, 9.17) is 0 Å². The van der Waals surface area contributed by atoms with Gasteiger partial charge in [-0.3, -0.25) is 4.79 Å². The lowest BCUT2D eigenvalue weighted by molar-refractivity contribution is 0.481. The molecule has 0 aliphatic heterocycles. The number of phenols is 1. The summed E-state index contributed by atoms with van der Waals surface area (Å²) < 4.78 is 0. The van der Waals surface area contributed by atoms with Gasteiger partial charge in [0.1, 0.15) is 5.75 Å². The quantitative estimate of drug-likeness (QED) is 0.597. The van der Waals surface area contributed by atoms with Crippen LogP contribution in [-0.2, 0) is 0 Å². The number of aromatic nitrogens is 2. The van der Waals surface area contributed by atoms with Crippen molar-refractivity contribution in [1.82, 2.24) is 10.2 Å². The van der Waals surface area contributed by atoms with Crippen LogP contribution in [0.15, 0.2) is 29.2 Å². The average molecular weight is 162 g/mol. The number of H-pyrrole nitrogens is 1. The molecule has 2 N–H and O–H groups in total. The normalized spacial score (nSPS) is 10.3. The van der Waals surface area contributed by atoms with E-state index in [-0.39, 0.29) is 11.3 Å². The van der Waals surface area contributed by atoms with Gasteiger partial charge in [-0.25, -0.2) is 5.10 Å². The Kier molecular flexibility index (Phi) is 1.33. The standard InChI is InChI=1S/C8H6N2O2/c11-7-3-1-2-5-6(7)4-9-10-8(5)12/h1-4,11H,(H,10,12). The minimum absolute atomic E-state index is 0.0751. The van der Waals surface area contributed by atoms with Crippen LogP contribution in [-0.4, -0.2) is 15.3 Å². The predicted molar refractivity (Wildman–Crippen MR) is 44.0 cm³/mol. The zero-order valence-electron chi connectivity index (χ0n) is 6.11. The topological polar surface area (TPSA) is 66.0 Å². The number of fused-ring (bicyclic) bond motifs is 1. The molecule has 1 aromatic heterocycles. The number of aromatic hydroxyl groups is 1. The van der Waals surface area contributed by atoms with Gasteiger partial charge in [-0.2, -0.15) is 5.10 Å². The second-order valence-corrected chi connectivity index (χ2v) is 2.44. The smallest absolute Gasteiger partial charge is 0.272 e. The van der Waals surface area contributed by atoms with Crippen molar-refractivity contribution in [3.8, 4) is 5.75 Å². The van der Waals surface area contributed by atoms with Crippen LogP contribution < -0.4 is 5.56 Å². The molecule has 4 heteroatoms. The third-order valence-corrected chi connectivity index (χ3v) is 1.69. The van der Waals surface area contributed by atoms with E-state index in [1.165, 1.54) is 12.3 Å². The zero-order chi connectivity index (χ0) is 8.55. The maximum Gasteiger partial charge on any atom is 0.272 e. The SMILES string of the molecule is O=c1[nH]ncc2c(O)cccc12. The fourth-order valence-electron chi connectivity index (χ4n) is 1.10. The Labute approximate surface area is 67.5 Å². The van der Waals surface area contributed by atoms with Crippen LogP contribution in [0.25, 0.3) is 10.8 Å². The molecule has 0 aliphatic rings. The number of benzene rings is 1. The Morgan fingerprint density at radius 3 is 2.92 bits per heavy atom. The van der Waals surface area contributed by atoms with Gasteiger partial charge in [0, 0.05) is 5.39 Å². The fourth-order valence-corrected chi connectivity index (χ4v) is 1.10. The summed E-state index contributed by atoms with van der Waals surface area (Å²) in [4.78, 5) is 11.1. The molecule has 0 saturated heterocycles. The van der Waals surface area contributed by atoms with E-state index in [1.54, 1.807) is 12.1 Å². The van der Waals surface area contributed by atoms with Crippen molar-refractivity contribution in [2.24, 2.45) is 0 Å². The van der Waals surface area contributed by atoms with Gasteiger partial charge < -0.3 is 5.11 Å². The molecule has 2 rings (SSSR count). The van der Waals surface area contributed by atoms with Gasteiger partial charge in [-0.1, -0.05) is 6.07 Å². The van der Waals surface area contributed by atoms with Gasteiger partial charge >= 0.3 is 0 Å². The Hall–Kier alpha value is -1.84. The highest BCUT2D eigenvalue weighted by Crippen LogP contribution is 2.19. The largest absolute Gasteiger partial charge is 0.507 e. The van der Waals surface area contributed by atoms with E-state index in [1.807, 2.05) is 0 Å². The number of hydrogen-bond donors (Lipinski definition) is 2. The molecule has 1 aromatic carbocycles. The summed E-state index contributed by atoms with van der Waals surface area (Å²) in [6, 6.07) is 4.77. The molecule has 0 spiro atoms. The van der Waals surface area contributed by atoms with Crippen molar-refractivity contribution in [1.29, 1.82) is 0 Å². The molecule has 12 heavy (non-hydrogen) atoms. The first-order chi connectivity index (χ1) is 5.79. The van der Waals surface area contributed by atoms with Crippen molar-refractivity contribution in [3.05, 3.63) is 34.7 Å². The highest BCUT2D eigenvalue weighted by Gasteiger charge is 2.00. The Balaban J connectivity index is 3.05. The van der Waals surface area contributed by atoms with Gasteiger partial charge in [0.05, 0.1) is 11.6 Å². The number of nitrogens with zero attached hydrogens (tertiary/aromatic N) is 1. The first-order valence-electron chi connectivity index (χ1n) is 3.44. The van der Waals surface area contributed by atoms with Crippen molar-refractivity contribution in [3.63, 3.8) is 0 Å². The molecule has 0 unspecified atom stereocenters. The highest BCUT2D eigenvalue weighted by molar-refractivity contribution is 5.86. The lowest BCUT2D eigenvalue weighted by Crippen LogP contribution is -2.06. The van der Waals surface area contributed by atoms with Crippen molar-refractivity contribution in [2.75, 3.05) is 0 Å². The second-order valence-electron chi connectivity index (χ2n) is 2.44. The molecule has 0 saturated carbocycles. The first-order valence-corrected chi connectivity index (χ1v) is 3.44. The molecule has 4 nitrogen and oxygen atoms in total. The van der Waals surface area contributed by atoms with Crippen LogP contribution in [0.4, 0.5) is 0 Å². The highest BCUT2D eigenvalue weighted by atomic mass is 16.3. The molecular weight excluding hydrogens is 156 g/mol. The Morgan fingerprint density at radius 1 is 1.33 bits per heavy atom.